The number of alkyl halides is 11. The van der Waals surface area contributed by atoms with Gasteiger partial charge in [0.05, 0.1) is 0 Å². The zero-order valence-corrected chi connectivity index (χ0v) is 16.9. The van der Waals surface area contributed by atoms with Crippen LogP contribution in [0.4, 0.5) is 48.3 Å². The minimum atomic E-state index is -7.79. The normalized spacial score (nSPS) is 16.2. The first-order chi connectivity index (χ1) is 10.7. The van der Waals surface area contributed by atoms with E-state index in [1.165, 1.54) is 6.92 Å². The summed E-state index contributed by atoms with van der Waals surface area (Å²) >= 11 is 0. The van der Waals surface area contributed by atoms with Gasteiger partial charge in [0.1, 0.15) is 0 Å². The second kappa shape index (κ2) is 8.65. The van der Waals surface area contributed by atoms with Gasteiger partial charge in [0.15, 0.2) is 16.3 Å². The molecule has 0 aliphatic rings. The van der Waals surface area contributed by atoms with Crippen LogP contribution in [0.15, 0.2) is 0 Å². The molecule has 0 aliphatic heterocycles. The van der Waals surface area contributed by atoms with Crippen LogP contribution in [0.3, 0.4) is 0 Å². The predicted octanol–water partition coefficient (Wildman–Crippen LogP) is 1.20. The molecule has 0 aliphatic carbocycles. The van der Waals surface area contributed by atoms with Crippen molar-refractivity contribution in [2.24, 2.45) is 0 Å². The van der Waals surface area contributed by atoms with E-state index in [1.807, 2.05) is 0 Å². The topological polar surface area (TPSA) is 57.2 Å². The van der Waals surface area contributed by atoms with Crippen LogP contribution in [0.1, 0.15) is 26.2 Å². The van der Waals surface area contributed by atoms with Gasteiger partial charge in [-0.1, -0.05) is 19.8 Å². The van der Waals surface area contributed by atoms with Crippen molar-refractivity contribution >= 4 is 10.1 Å². The maximum Gasteiger partial charge on any atom is 1.00 e. The fourth-order valence-electron chi connectivity index (χ4n) is 1.51. The largest absolute Gasteiger partial charge is 1.00 e. The molecule has 0 aromatic heterocycles. The minimum Gasteiger partial charge on any atom is -0.743 e. The third-order valence-electron chi connectivity index (χ3n) is 3.09. The van der Waals surface area contributed by atoms with Crippen molar-refractivity contribution in [1.29, 1.82) is 0 Å². The van der Waals surface area contributed by atoms with Crippen LogP contribution in [0.25, 0.3) is 0 Å². The summed E-state index contributed by atoms with van der Waals surface area (Å²) in [4.78, 5) is 0. The van der Waals surface area contributed by atoms with Crippen LogP contribution in [0.5, 0.6) is 0 Å². The Kier molecular flexibility index (Phi) is 9.64. The van der Waals surface area contributed by atoms with E-state index in [0.29, 0.717) is 0 Å². The van der Waals surface area contributed by atoms with E-state index in [4.69, 9.17) is 0 Å². The van der Waals surface area contributed by atoms with Crippen molar-refractivity contribution in [3.8, 4) is 0 Å². The summed E-state index contributed by atoms with van der Waals surface area (Å²) in [5.74, 6) is -29.6. The van der Waals surface area contributed by atoms with Gasteiger partial charge in [0.2, 0.25) is 0 Å². The number of hydrogen-bond donors (Lipinski definition) is 0. The zero-order chi connectivity index (χ0) is 20.7. The molecule has 0 amide bonds. The molecule has 0 heterocycles. The van der Waals surface area contributed by atoms with Gasteiger partial charge >= 0.3 is 80.3 Å². The number of rotatable bonds is 9. The van der Waals surface area contributed by atoms with Crippen molar-refractivity contribution < 1.29 is 113 Å². The van der Waals surface area contributed by atoms with E-state index in [-0.39, 0.29) is 57.8 Å². The van der Waals surface area contributed by atoms with Gasteiger partial charge in [-0.25, -0.2) is 12.8 Å². The molecule has 0 spiro atoms. The van der Waals surface area contributed by atoms with Crippen LogP contribution in [-0.4, -0.2) is 48.1 Å². The molecule has 0 N–H and O–H groups in total. The molecule has 0 radical (unpaired) electrons. The predicted molar refractivity (Wildman–Crippen MR) is 58.9 cm³/mol. The molecule has 1 unspecified atom stereocenters. The molecule has 16 heteroatoms. The second-order valence-corrected chi connectivity index (χ2v) is 6.35. The second-order valence-electron chi connectivity index (χ2n) is 4.93. The van der Waals surface area contributed by atoms with Gasteiger partial charge in [-0.05, 0) is 6.42 Å². The maximum absolute atomic E-state index is 13.2. The number of hydrogen-bond acceptors (Lipinski definition) is 3. The maximum atomic E-state index is 13.2. The van der Waals surface area contributed by atoms with Crippen LogP contribution in [-0.2, 0) is 10.1 Å². The summed E-state index contributed by atoms with van der Waals surface area (Å²) < 4.78 is 174. The Morgan fingerprint density at radius 2 is 1.23 bits per heavy atom. The van der Waals surface area contributed by atoms with E-state index in [0.717, 1.165) is 0 Å². The van der Waals surface area contributed by atoms with E-state index >= 15 is 0 Å². The third kappa shape index (κ3) is 4.50. The molecular formula is C10H10F11KO3S. The molecule has 3 nitrogen and oxygen atoms in total. The summed E-state index contributed by atoms with van der Waals surface area (Å²) in [5.41, 5.74) is 0. The number of halogens is 11. The molecule has 0 rings (SSSR count). The first-order valence-electron chi connectivity index (χ1n) is 6.22. The molecule has 0 fully saturated rings. The summed E-state index contributed by atoms with van der Waals surface area (Å²) in [6, 6.07) is 0. The van der Waals surface area contributed by atoms with Crippen LogP contribution in [0.2, 0.25) is 0 Å². The Morgan fingerprint density at radius 1 is 0.846 bits per heavy atom. The summed E-state index contributed by atoms with van der Waals surface area (Å²) in [5, 5.41) is -7.38. The molecule has 0 saturated heterocycles. The third-order valence-corrected chi connectivity index (χ3v) is 3.98. The van der Waals surface area contributed by atoms with E-state index < -0.39 is 58.1 Å². The van der Waals surface area contributed by atoms with Gasteiger partial charge in [0, 0.05) is 0 Å². The Labute approximate surface area is 182 Å². The smallest absolute Gasteiger partial charge is 0.743 e. The molecule has 0 bridgehead atoms. The Bertz CT molecular complexity index is 579. The van der Waals surface area contributed by atoms with Gasteiger partial charge in [0.25, 0.3) is 0 Å². The molecule has 152 valence electrons. The fraction of sp³-hybridized carbons (Fsp3) is 1.00. The Morgan fingerprint density at radius 3 is 1.54 bits per heavy atom. The first kappa shape index (κ1) is 29.0. The molecular weight excluding hydrogens is 448 g/mol. The summed E-state index contributed by atoms with van der Waals surface area (Å²) in [6.45, 7) is 1.24. The van der Waals surface area contributed by atoms with Crippen molar-refractivity contribution in [3.05, 3.63) is 0 Å². The molecule has 1 atom stereocenters. The van der Waals surface area contributed by atoms with Crippen molar-refractivity contribution in [1.82, 2.24) is 0 Å². The van der Waals surface area contributed by atoms with Crippen molar-refractivity contribution in [3.63, 3.8) is 0 Å². The van der Waals surface area contributed by atoms with Crippen LogP contribution < -0.4 is 51.4 Å². The van der Waals surface area contributed by atoms with E-state index in [9.17, 15) is 61.3 Å². The van der Waals surface area contributed by atoms with Crippen molar-refractivity contribution in [2.45, 2.75) is 61.3 Å². The van der Waals surface area contributed by atoms with Gasteiger partial charge in [-0.3, -0.25) is 0 Å². The molecule has 0 aromatic carbocycles. The number of unbranched alkanes of at least 4 members (excludes halogenated alkanes) is 1. The first-order valence-corrected chi connectivity index (χ1v) is 7.62. The monoisotopic (exact) mass is 458 g/mol. The zero-order valence-electron chi connectivity index (χ0n) is 13.0. The summed E-state index contributed by atoms with van der Waals surface area (Å²) in [7, 11) is -7.67. The standard InChI is InChI=1S/C10H11F11O3S.K/c1-2-3-4-5(11)6(12,13)7(14,15)8(16,17)9(18,19)10(20,21)25(22,23)24;/h5H,2-4H2,1H3,(H,22,23,24);/q;+1/p-1. The molecule has 0 saturated carbocycles. The molecule has 26 heavy (non-hydrogen) atoms. The minimum absolute atomic E-state index is 0. The average Bonchev–Trinajstić information content (AvgIpc) is 2.42. The Balaban J connectivity index is 0. The van der Waals surface area contributed by atoms with Gasteiger partial charge in [-0.15, -0.1) is 0 Å². The van der Waals surface area contributed by atoms with E-state index in [2.05, 4.69) is 0 Å². The fourth-order valence-corrected chi connectivity index (χ4v) is 1.95. The Hall–Kier alpha value is 0.776. The molecule has 0 aromatic rings. The SMILES string of the molecule is CCCCC(F)C(F)(F)C(F)(F)C(F)(F)C(F)(F)C(F)(F)S(=O)(=O)[O-].[K+]. The van der Waals surface area contributed by atoms with Crippen molar-refractivity contribution in [2.75, 3.05) is 0 Å². The van der Waals surface area contributed by atoms with Gasteiger partial charge < -0.3 is 4.55 Å². The van der Waals surface area contributed by atoms with E-state index in [1.54, 1.807) is 0 Å². The van der Waals surface area contributed by atoms with Crippen LogP contribution in [0, 0.1) is 0 Å². The van der Waals surface area contributed by atoms with Gasteiger partial charge in [-0.2, -0.15) is 43.9 Å². The van der Waals surface area contributed by atoms with Crippen LogP contribution >= 0.6 is 0 Å². The summed E-state index contributed by atoms with van der Waals surface area (Å²) in [6.07, 6.45) is -6.31. The quantitative estimate of drug-likeness (QED) is 0.297. The average molecular weight is 458 g/mol.